The van der Waals surface area contributed by atoms with Gasteiger partial charge in [0.2, 0.25) is 0 Å². The summed E-state index contributed by atoms with van der Waals surface area (Å²) in [6.07, 6.45) is 0. The Morgan fingerprint density at radius 3 is 2.62 bits per heavy atom. The first-order valence-electron chi connectivity index (χ1n) is 6.50. The van der Waals surface area contributed by atoms with Crippen molar-refractivity contribution in [2.45, 2.75) is 13.0 Å². The van der Waals surface area contributed by atoms with Crippen LogP contribution >= 0.6 is 15.9 Å². The first-order valence-corrected chi connectivity index (χ1v) is 7.30. The van der Waals surface area contributed by atoms with E-state index in [0.29, 0.717) is 31.0 Å². The molecule has 3 N–H and O–H groups in total. The number of hydrogen-bond donors (Lipinski definition) is 2. The molecule has 21 heavy (non-hydrogen) atoms. The van der Waals surface area contributed by atoms with Crippen LogP contribution < -0.4 is 10.6 Å². The van der Waals surface area contributed by atoms with Crippen molar-refractivity contribution in [2.75, 3.05) is 38.9 Å². The molecule has 0 saturated heterocycles. The molecule has 1 rings (SSSR count). The molecule has 0 saturated carbocycles. The summed E-state index contributed by atoms with van der Waals surface area (Å²) >= 11 is 3.17. The van der Waals surface area contributed by atoms with Crippen molar-refractivity contribution in [2.24, 2.45) is 5.73 Å². The minimum Gasteiger partial charge on any atom is -0.384 e. The fourth-order valence-electron chi connectivity index (χ4n) is 2.07. The van der Waals surface area contributed by atoms with Crippen molar-refractivity contribution < 1.29 is 13.9 Å². The fraction of sp³-hybridized carbons (Fsp3) is 0.500. The molecule has 0 fully saturated rings. The average molecular weight is 362 g/mol. The summed E-state index contributed by atoms with van der Waals surface area (Å²) in [6, 6.07) is 3.23. The second kappa shape index (κ2) is 8.31. The van der Waals surface area contributed by atoms with Crippen LogP contribution in [0.2, 0.25) is 0 Å². The first-order chi connectivity index (χ1) is 9.93. The van der Waals surface area contributed by atoms with Crippen molar-refractivity contribution in [3.63, 3.8) is 0 Å². The van der Waals surface area contributed by atoms with Gasteiger partial charge in [-0.3, -0.25) is 5.41 Å². The van der Waals surface area contributed by atoms with Gasteiger partial charge in [-0.15, -0.1) is 0 Å². The van der Waals surface area contributed by atoms with Crippen molar-refractivity contribution in [3.8, 4) is 0 Å². The summed E-state index contributed by atoms with van der Waals surface area (Å²) in [6.45, 7) is 3.42. The molecule has 1 aromatic carbocycles. The predicted octanol–water partition coefficient (Wildman–Crippen LogP) is 2.36. The molecule has 0 aromatic heterocycles. The molecule has 0 radical (unpaired) electrons. The first kappa shape index (κ1) is 17.9. The molecule has 0 spiro atoms. The van der Waals surface area contributed by atoms with Gasteiger partial charge in [0.25, 0.3) is 0 Å². The lowest BCUT2D eigenvalue weighted by molar-refractivity contribution is 0.170. The number of nitrogens with two attached hydrogens (primary N) is 1. The van der Waals surface area contributed by atoms with Crippen molar-refractivity contribution in [1.82, 2.24) is 0 Å². The molecule has 7 heteroatoms. The summed E-state index contributed by atoms with van der Waals surface area (Å²) in [7, 11) is 3.21. The average Bonchev–Trinajstić information content (AvgIpc) is 2.43. The van der Waals surface area contributed by atoms with Crippen LogP contribution in [-0.2, 0) is 9.47 Å². The molecular formula is C14H21BrFN3O2. The maximum absolute atomic E-state index is 14.6. The number of benzene rings is 1. The van der Waals surface area contributed by atoms with Gasteiger partial charge >= 0.3 is 0 Å². The third-order valence-corrected chi connectivity index (χ3v) is 3.91. The topological polar surface area (TPSA) is 71.6 Å². The van der Waals surface area contributed by atoms with E-state index in [1.54, 1.807) is 26.4 Å². The van der Waals surface area contributed by atoms with E-state index in [2.05, 4.69) is 15.9 Å². The largest absolute Gasteiger partial charge is 0.384 e. The van der Waals surface area contributed by atoms with Crippen LogP contribution in [0.1, 0.15) is 12.5 Å². The number of ether oxygens (including phenoxy) is 2. The molecule has 5 nitrogen and oxygen atoms in total. The van der Waals surface area contributed by atoms with Crippen LogP contribution in [0, 0.1) is 11.2 Å². The van der Waals surface area contributed by atoms with Gasteiger partial charge in [0.05, 0.1) is 23.4 Å². The lowest BCUT2D eigenvalue weighted by Gasteiger charge is -2.31. The number of hydrogen-bond acceptors (Lipinski definition) is 4. The Bertz CT molecular complexity index is 499. The van der Waals surface area contributed by atoms with Crippen molar-refractivity contribution in [3.05, 3.63) is 28.0 Å². The molecule has 0 aliphatic heterocycles. The van der Waals surface area contributed by atoms with E-state index in [1.165, 1.54) is 0 Å². The number of nitrogens with one attached hydrogen (secondary N) is 1. The quantitative estimate of drug-likeness (QED) is 0.550. The Kier molecular flexibility index (Phi) is 7.07. The Morgan fingerprint density at radius 2 is 2.10 bits per heavy atom. The van der Waals surface area contributed by atoms with Crippen molar-refractivity contribution >= 4 is 27.5 Å². The van der Waals surface area contributed by atoms with Crippen LogP contribution in [0.5, 0.6) is 0 Å². The van der Waals surface area contributed by atoms with Gasteiger partial charge in [-0.05, 0) is 35.0 Å². The monoisotopic (exact) mass is 361 g/mol. The van der Waals surface area contributed by atoms with Gasteiger partial charge < -0.3 is 20.1 Å². The number of amidine groups is 1. The molecule has 0 amide bonds. The van der Waals surface area contributed by atoms with E-state index < -0.39 is 5.82 Å². The van der Waals surface area contributed by atoms with E-state index in [-0.39, 0.29) is 16.4 Å². The summed E-state index contributed by atoms with van der Waals surface area (Å²) in [5.74, 6) is -0.623. The molecule has 118 valence electrons. The van der Waals surface area contributed by atoms with Gasteiger partial charge in [0, 0.05) is 32.4 Å². The lowest BCUT2D eigenvalue weighted by Crippen LogP contribution is -2.39. The number of anilines is 1. The van der Waals surface area contributed by atoms with Gasteiger partial charge in [-0.1, -0.05) is 0 Å². The van der Waals surface area contributed by atoms with Crippen LogP contribution in [0.3, 0.4) is 0 Å². The molecule has 1 unspecified atom stereocenters. The van der Waals surface area contributed by atoms with E-state index in [1.807, 2.05) is 11.8 Å². The Labute approximate surface area is 132 Å². The lowest BCUT2D eigenvalue weighted by atomic mass is 10.1. The smallest absolute Gasteiger partial charge is 0.161 e. The highest BCUT2D eigenvalue weighted by atomic mass is 79.9. The Hall–Kier alpha value is -1.18. The van der Waals surface area contributed by atoms with Crippen molar-refractivity contribution in [1.29, 1.82) is 5.41 Å². The third kappa shape index (κ3) is 4.39. The molecule has 1 atom stereocenters. The number of methoxy groups -OCH3 is 2. The zero-order chi connectivity index (χ0) is 16.0. The third-order valence-electron chi connectivity index (χ3n) is 3.14. The standard InChI is InChI=1S/C14H21BrFN3O2/c1-9(8-21-3)19(6-7-20-2)11-5-4-10(14(17)18)12(15)13(11)16/h4-5,9H,6-8H2,1-3H3,(H3,17,18). The van der Waals surface area contributed by atoms with Crippen LogP contribution in [0.4, 0.5) is 10.1 Å². The molecule has 0 bridgehead atoms. The van der Waals surface area contributed by atoms with Gasteiger partial charge in [0.1, 0.15) is 5.84 Å². The van der Waals surface area contributed by atoms with Crippen LogP contribution in [-0.4, -0.2) is 45.9 Å². The zero-order valence-electron chi connectivity index (χ0n) is 12.5. The predicted molar refractivity (Wildman–Crippen MR) is 85.7 cm³/mol. The summed E-state index contributed by atoms with van der Waals surface area (Å²) < 4.78 is 25.0. The highest BCUT2D eigenvalue weighted by Gasteiger charge is 2.21. The SMILES string of the molecule is COCCN(c1ccc(C(=N)N)c(Br)c1F)C(C)COC. The molecule has 0 aliphatic carbocycles. The van der Waals surface area contributed by atoms with E-state index in [9.17, 15) is 4.39 Å². The van der Waals surface area contributed by atoms with E-state index in [0.717, 1.165) is 0 Å². The highest BCUT2D eigenvalue weighted by Crippen LogP contribution is 2.30. The van der Waals surface area contributed by atoms with E-state index in [4.69, 9.17) is 20.6 Å². The maximum atomic E-state index is 14.6. The summed E-state index contributed by atoms with van der Waals surface area (Å²) in [4.78, 5) is 1.87. The highest BCUT2D eigenvalue weighted by molar-refractivity contribution is 9.10. The zero-order valence-corrected chi connectivity index (χ0v) is 14.0. The van der Waals surface area contributed by atoms with Gasteiger partial charge in [-0.25, -0.2) is 4.39 Å². The minimum absolute atomic E-state index is 0.0188. The molecule has 1 aromatic rings. The Morgan fingerprint density at radius 1 is 1.43 bits per heavy atom. The minimum atomic E-state index is -0.443. The summed E-state index contributed by atoms with van der Waals surface area (Å²) in [5.41, 5.74) is 6.19. The number of rotatable bonds is 8. The molecule has 0 heterocycles. The van der Waals surface area contributed by atoms with Crippen LogP contribution in [0.25, 0.3) is 0 Å². The van der Waals surface area contributed by atoms with Gasteiger partial charge in [-0.2, -0.15) is 0 Å². The second-order valence-corrected chi connectivity index (χ2v) is 5.46. The normalized spacial score (nSPS) is 12.2. The second-order valence-electron chi connectivity index (χ2n) is 4.66. The number of halogens is 2. The van der Waals surface area contributed by atoms with E-state index >= 15 is 0 Å². The van der Waals surface area contributed by atoms with Gasteiger partial charge in [0.15, 0.2) is 5.82 Å². The summed E-state index contributed by atoms with van der Waals surface area (Å²) in [5, 5.41) is 7.44. The Balaban J connectivity index is 3.18. The maximum Gasteiger partial charge on any atom is 0.161 e. The molecule has 0 aliphatic rings. The fourth-order valence-corrected chi connectivity index (χ4v) is 2.62. The van der Waals surface area contributed by atoms with Crippen LogP contribution in [0.15, 0.2) is 16.6 Å². The number of nitrogens with zero attached hydrogens (tertiary/aromatic N) is 1. The molecular weight excluding hydrogens is 341 g/mol. The number of nitrogen functional groups attached to an aromatic ring is 1.